The largest absolute Gasteiger partial charge is 0.399 e. The second-order valence-electron chi connectivity index (χ2n) is 5.18. The maximum Gasteiger partial charge on any atom is 0.220 e. The molecule has 0 fully saturated rings. The van der Waals surface area contributed by atoms with Gasteiger partial charge in [-0.25, -0.2) is 0 Å². The third-order valence-corrected chi connectivity index (χ3v) is 3.93. The van der Waals surface area contributed by atoms with Crippen LogP contribution in [-0.4, -0.2) is 5.91 Å². The molecule has 2 aromatic carbocycles. The number of benzene rings is 2. The van der Waals surface area contributed by atoms with Gasteiger partial charge in [0.05, 0.1) is 0 Å². The quantitative estimate of drug-likeness (QED) is 0.808. The highest BCUT2D eigenvalue weighted by Crippen LogP contribution is 2.21. The molecule has 0 bridgehead atoms. The Morgan fingerprint density at radius 2 is 1.76 bits per heavy atom. The molecule has 0 aliphatic rings. The van der Waals surface area contributed by atoms with Gasteiger partial charge in [-0.15, -0.1) is 0 Å². The number of nitrogens with two attached hydrogens (primary N) is 1. The molecule has 1 unspecified atom stereocenters. The molecule has 110 valence electrons. The number of halogens is 1. The van der Waals surface area contributed by atoms with Crippen LogP contribution in [0.1, 0.15) is 30.4 Å². The Kier molecular flexibility index (Phi) is 5.39. The van der Waals surface area contributed by atoms with Crippen LogP contribution in [0.15, 0.2) is 53.0 Å². The summed E-state index contributed by atoms with van der Waals surface area (Å²) in [6.45, 7) is 2.60. The Bertz CT molecular complexity index is 593. The monoisotopic (exact) mass is 346 g/mol. The van der Waals surface area contributed by atoms with Gasteiger partial charge in [0.15, 0.2) is 0 Å². The Morgan fingerprint density at radius 1 is 1.14 bits per heavy atom. The Labute approximate surface area is 133 Å². The minimum absolute atomic E-state index is 0.0576. The third kappa shape index (κ3) is 4.90. The van der Waals surface area contributed by atoms with Gasteiger partial charge in [-0.05, 0) is 41.3 Å². The molecule has 0 saturated carbocycles. The standard InChI is InChI=1S/C17H19BrN2O/c1-12(14-4-6-15(18)7-5-14)10-17(21)20-11-13-2-8-16(19)9-3-13/h2-9,12H,10-11,19H2,1H3,(H,20,21). The lowest BCUT2D eigenvalue weighted by Gasteiger charge is -2.12. The average Bonchev–Trinajstić information content (AvgIpc) is 2.47. The molecule has 0 heterocycles. The van der Waals surface area contributed by atoms with Gasteiger partial charge in [-0.2, -0.15) is 0 Å². The van der Waals surface area contributed by atoms with Crippen LogP contribution in [0.5, 0.6) is 0 Å². The van der Waals surface area contributed by atoms with E-state index >= 15 is 0 Å². The second kappa shape index (κ2) is 7.27. The first-order valence-corrected chi connectivity index (χ1v) is 7.70. The molecule has 3 N–H and O–H groups in total. The zero-order valence-electron chi connectivity index (χ0n) is 12.0. The summed E-state index contributed by atoms with van der Waals surface area (Å²) in [6, 6.07) is 15.6. The molecule has 0 aliphatic carbocycles. The number of nitrogens with one attached hydrogen (secondary N) is 1. The molecule has 21 heavy (non-hydrogen) atoms. The van der Waals surface area contributed by atoms with Crippen molar-refractivity contribution in [3.8, 4) is 0 Å². The van der Waals surface area contributed by atoms with Crippen molar-refractivity contribution in [1.82, 2.24) is 5.32 Å². The maximum atomic E-state index is 12.0. The van der Waals surface area contributed by atoms with Gasteiger partial charge in [0, 0.05) is 23.1 Å². The molecule has 2 rings (SSSR count). The highest BCUT2D eigenvalue weighted by atomic mass is 79.9. The summed E-state index contributed by atoms with van der Waals surface area (Å²) in [5, 5.41) is 2.94. The predicted molar refractivity (Wildman–Crippen MR) is 89.9 cm³/mol. The van der Waals surface area contributed by atoms with Crippen LogP contribution in [0, 0.1) is 0 Å². The smallest absolute Gasteiger partial charge is 0.220 e. The van der Waals surface area contributed by atoms with E-state index in [1.807, 2.05) is 48.5 Å². The van der Waals surface area contributed by atoms with Gasteiger partial charge in [0.1, 0.15) is 0 Å². The molecule has 0 spiro atoms. The normalized spacial score (nSPS) is 11.9. The second-order valence-corrected chi connectivity index (χ2v) is 6.09. The summed E-state index contributed by atoms with van der Waals surface area (Å²) in [7, 11) is 0. The Hall–Kier alpha value is -1.81. The SMILES string of the molecule is CC(CC(=O)NCc1ccc(N)cc1)c1ccc(Br)cc1. The van der Waals surface area contributed by atoms with Crippen LogP contribution in [0.4, 0.5) is 5.69 Å². The van der Waals surface area contributed by atoms with Crippen LogP contribution in [0.3, 0.4) is 0 Å². The molecule has 0 saturated heterocycles. The summed E-state index contributed by atoms with van der Waals surface area (Å²) >= 11 is 3.41. The molecule has 4 heteroatoms. The molecule has 0 radical (unpaired) electrons. The van der Waals surface area contributed by atoms with Gasteiger partial charge < -0.3 is 11.1 Å². The number of carbonyl (C=O) groups excluding carboxylic acids is 1. The molecular formula is C17H19BrN2O. The number of nitrogen functional groups attached to an aromatic ring is 1. The van der Waals surface area contributed by atoms with Crippen molar-refractivity contribution < 1.29 is 4.79 Å². The Morgan fingerprint density at radius 3 is 2.38 bits per heavy atom. The van der Waals surface area contributed by atoms with Crippen molar-refractivity contribution in [2.24, 2.45) is 0 Å². The van der Waals surface area contributed by atoms with Gasteiger partial charge in [-0.1, -0.05) is 47.1 Å². The predicted octanol–water partition coefficient (Wildman–Crippen LogP) is 3.84. The lowest BCUT2D eigenvalue weighted by molar-refractivity contribution is -0.121. The van der Waals surface area contributed by atoms with Crippen molar-refractivity contribution in [3.05, 3.63) is 64.1 Å². The number of hydrogen-bond acceptors (Lipinski definition) is 2. The van der Waals surface area contributed by atoms with Gasteiger partial charge in [-0.3, -0.25) is 4.79 Å². The fraction of sp³-hybridized carbons (Fsp3) is 0.235. The molecular weight excluding hydrogens is 328 g/mol. The van der Waals surface area contributed by atoms with Crippen LogP contribution in [0.25, 0.3) is 0 Å². The van der Waals surface area contributed by atoms with Crippen molar-refractivity contribution >= 4 is 27.5 Å². The zero-order chi connectivity index (χ0) is 15.2. The van der Waals surface area contributed by atoms with E-state index in [2.05, 4.69) is 28.2 Å². The lowest BCUT2D eigenvalue weighted by Crippen LogP contribution is -2.24. The van der Waals surface area contributed by atoms with E-state index in [4.69, 9.17) is 5.73 Å². The summed E-state index contributed by atoms with van der Waals surface area (Å²) in [5.74, 6) is 0.256. The number of amides is 1. The minimum Gasteiger partial charge on any atom is -0.399 e. The highest BCUT2D eigenvalue weighted by Gasteiger charge is 2.11. The van der Waals surface area contributed by atoms with Crippen LogP contribution in [-0.2, 0) is 11.3 Å². The van der Waals surface area contributed by atoms with Gasteiger partial charge >= 0.3 is 0 Å². The maximum absolute atomic E-state index is 12.0. The van der Waals surface area contributed by atoms with E-state index in [9.17, 15) is 4.79 Å². The number of rotatable bonds is 5. The van der Waals surface area contributed by atoms with Crippen molar-refractivity contribution in [3.63, 3.8) is 0 Å². The molecule has 2 aromatic rings. The fourth-order valence-electron chi connectivity index (χ4n) is 2.10. The number of anilines is 1. The molecule has 0 aromatic heterocycles. The van der Waals surface area contributed by atoms with Gasteiger partial charge in [0.2, 0.25) is 5.91 Å². The average molecular weight is 347 g/mol. The summed E-state index contributed by atoms with van der Waals surface area (Å²) in [6.07, 6.45) is 0.483. The summed E-state index contributed by atoms with van der Waals surface area (Å²) in [4.78, 5) is 12.0. The minimum atomic E-state index is 0.0576. The first-order chi connectivity index (χ1) is 10.0. The van der Waals surface area contributed by atoms with Crippen molar-refractivity contribution in [2.75, 3.05) is 5.73 Å². The van der Waals surface area contributed by atoms with E-state index in [0.29, 0.717) is 13.0 Å². The summed E-state index contributed by atoms with van der Waals surface area (Å²) in [5.41, 5.74) is 8.58. The fourth-order valence-corrected chi connectivity index (χ4v) is 2.36. The van der Waals surface area contributed by atoms with E-state index in [1.165, 1.54) is 5.56 Å². The van der Waals surface area contributed by atoms with Crippen LogP contribution in [0.2, 0.25) is 0 Å². The Balaban J connectivity index is 1.83. The molecule has 1 amide bonds. The van der Waals surface area contributed by atoms with Crippen molar-refractivity contribution in [2.45, 2.75) is 25.8 Å². The molecule has 1 atom stereocenters. The van der Waals surface area contributed by atoms with Crippen molar-refractivity contribution in [1.29, 1.82) is 0 Å². The topological polar surface area (TPSA) is 55.1 Å². The van der Waals surface area contributed by atoms with Gasteiger partial charge in [0.25, 0.3) is 0 Å². The summed E-state index contributed by atoms with van der Waals surface area (Å²) < 4.78 is 1.05. The number of hydrogen-bond donors (Lipinski definition) is 2. The molecule has 0 aliphatic heterocycles. The third-order valence-electron chi connectivity index (χ3n) is 3.40. The molecule has 3 nitrogen and oxygen atoms in total. The highest BCUT2D eigenvalue weighted by molar-refractivity contribution is 9.10. The van der Waals surface area contributed by atoms with E-state index in [1.54, 1.807) is 0 Å². The number of carbonyl (C=O) groups is 1. The zero-order valence-corrected chi connectivity index (χ0v) is 13.6. The first-order valence-electron chi connectivity index (χ1n) is 6.91. The van der Waals surface area contributed by atoms with Crippen LogP contribution < -0.4 is 11.1 Å². The van der Waals surface area contributed by atoms with E-state index in [-0.39, 0.29) is 11.8 Å². The van der Waals surface area contributed by atoms with E-state index in [0.717, 1.165) is 15.7 Å². The lowest BCUT2D eigenvalue weighted by atomic mass is 9.97. The van der Waals surface area contributed by atoms with Crippen LogP contribution >= 0.6 is 15.9 Å². The van der Waals surface area contributed by atoms with E-state index < -0.39 is 0 Å². The first kappa shape index (κ1) is 15.6.